The number of anilines is 1. The summed E-state index contributed by atoms with van der Waals surface area (Å²) in [4.78, 5) is 53.0. The second kappa shape index (κ2) is 11.0. The van der Waals surface area contributed by atoms with Crippen LogP contribution < -0.4 is 16.4 Å². The first-order valence-electron chi connectivity index (χ1n) is 13.4. The van der Waals surface area contributed by atoms with Gasteiger partial charge in [0.05, 0.1) is 23.8 Å². The first-order chi connectivity index (χ1) is 18.9. The molecule has 0 saturated heterocycles. The number of primary amides is 1. The van der Waals surface area contributed by atoms with Gasteiger partial charge in [0.1, 0.15) is 17.1 Å². The second-order valence-corrected chi connectivity index (χ2v) is 10.9. The van der Waals surface area contributed by atoms with Crippen LogP contribution in [0.2, 0.25) is 0 Å². The summed E-state index contributed by atoms with van der Waals surface area (Å²) in [6.07, 6.45) is 3.18. The maximum atomic E-state index is 13.7. The maximum absolute atomic E-state index is 13.7. The van der Waals surface area contributed by atoms with Crippen LogP contribution in [0.5, 0.6) is 5.75 Å². The van der Waals surface area contributed by atoms with E-state index < -0.39 is 69.7 Å². The molecule has 0 fully saturated rings. The number of Topliss-reactive ketones (excluding diaryl/α,β-unsaturated/α-hetero) is 2. The third-order valence-corrected chi connectivity index (χ3v) is 8.11. The predicted octanol–water partition coefficient (Wildman–Crippen LogP) is 0.839. The average molecular weight is 557 g/mol. The summed E-state index contributed by atoms with van der Waals surface area (Å²) in [5.74, 6) is -7.58. The summed E-state index contributed by atoms with van der Waals surface area (Å²) in [6.45, 7) is 2.74. The molecule has 3 aliphatic carbocycles. The summed E-state index contributed by atoms with van der Waals surface area (Å²) < 4.78 is 0. The lowest BCUT2D eigenvalue weighted by Crippen LogP contribution is -2.63. The lowest BCUT2D eigenvalue weighted by atomic mass is 9.58. The first-order valence-corrected chi connectivity index (χ1v) is 13.4. The molecule has 0 bridgehead atoms. The molecule has 0 spiro atoms. The minimum Gasteiger partial charge on any atom is -0.510 e. The number of carbonyl (C=O) groups excluding carboxylic acids is 4. The van der Waals surface area contributed by atoms with E-state index >= 15 is 0 Å². The van der Waals surface area contributed by atoms with Crippen molar-refractivity contribution in [2.45, 2.75) is 50.7 Å². The highest BCUT2D eigenvalue weighted by Crippen LogP contribution is 2.52. The number of nitrogens with two attached hydrogens (primary N) is 1. The number of nitrogens with zero attached hydrogens (tertiary/aromatic N) is 1. The second-order valence-electron chi connectivity index (χ2n) is 10.9. The zero-order valence-electron chi connectivity index (χ0n) is 22.8. The van der Waals surface area contributed by atoms with E-state index in [1.54, 1.807) is 20.2 Å². The molecule has 8 N–H and O–H groups in total. The van der Waals surface area contributed by atoms with Crippen molar-refractivity contribution < 1.29 is 39.6 Å². The van der Waals surface area contributed by atoms with Gasteiger partial charge in [-0.15, -0.1) is 0 Å². The minimum atomic E-state index is -2.70. The van der Waals surface area contributed by atoms with E-state index in [0.717, 1.165) is 19.3 Å². The molecule has 2 amide bonds. The number of unbranched alkanes of at least 4 members (excludes halogenated alkanes) is 2. The van der Waals surface area contributed by atoms with E-state index in [9.17, 15) is 39.6 Å². The van der Waals surface area contributed by atoms with Crippen LogP contribution in [0.15, 0.2) is 34.8 Å². The molecule has 0 radical (unpaired) electrons. The van der Waals surface area contributed by atoms with Gasteiger partial charge in [-0.1, -0.05) is 25.8 Å². The number of rotatable bonds is 9. The van der Waals surface area contributed by atoms with E-state index in [1.807, 2.05) is 0 Å². The molecule has 12 heteroatoms. The van der Waals surface area contributed by atoms with E-state index in [4.69, 9.17) is 5.73 Å². The zero-order valence-corrected chi connectivity index (χ0v) is 22.8. The Kier molecular flexibility index (Phi) is 8.06. The van der Waals surface area contributed by atoms with Crippen molar-refractivity contribution in [2.75, 3.05) is 32.5 Å². The molecular weight excluding hydrogens is 520 g/mol. The van der Waals surface area contributed by atoms with Gasteiger partial charge in [0.25, 0.3) is 5.91 Å². The quantitative estimate of drug-likeness (QED) is 0.130. The number of benzene rings is 1. The number of nitrogens with one attached hydrogen (secondary N) is 2. The Morgan fingerprint density at radius 3 is 2.48 bits per heavy atom. The molecule has 0 heterocycles. The number of phenolic OH excluding ortho intramolecular Hbond substituents is 1. The molecule has 2 unspecified atom stereocenters. The third kappa shape index (κ3) is 4.65. The number of phenols is 1. The van der Waals surface area contributed by atoms with Gasteiger partial charge in [0.15, 0.2) is 17.1 Å². The van der Waals surface area contributed by atoms with Crippen LogP contribution in [-0.2, 0) is 20.8 Å². The smallest absolute Gasteiger partial charge is 0.255 e. The molecule has 0 saturated carbocycles. The fraction of sp³-hybridized carbons (Fsp3) is 0.500. The molecule has 40 heavy (non-hydrogen) atoms. The Morgan fingerprint density at radius 1 is 1.15 bits per heavy atom. The highest BCUT2D eigenvalue weighted by atomic mass is 16.3. The van der Waals surface area contributed by atoms with Crippen molar-refractivity contribution in [3.05, 3.63) is 45.9 Å². The van der Waals surface area contributed by atoms with Gasteiger partial charge >= 0.3 is 0 Å². The number of likely N-dealkylation sites (N-methyl/N-ethyl adjacent to an activating group) is 1. The topological polar surface area (TPSA) is 203 Å². The van der Waals surface area contributed by atoms with Crippen LogP contribution in [0.1, 0.15) is 48.5 Å². The Balaban J connectivity index is 1.70. The molecule has 0 aromatic heterocycles. The first kappa shape index (κ1) is 29.2. The largest absolute Gasteiger partial charge is 0.510 e. The average Bonchev–Trinajstić information content (AvgIpc) is 2.87. The number of ketones is 2. The molecule has 0 aliphatic heterocycles. The van der Waals surface area contributed by atoms with Crippen molar-refractivity contribution in [1.82, 2.24) is 10.2 Å². The Hall–Kier alpha value is -3.74. The van der Waals surface area contributed by atoms with Crippen LogP contribution in [0.4, 0.5) is 5.69 Å². The molecule has 12 nitrogen and oxygen atoms in total. The summed E-state index contributed by atoms with van der Waals surface area (Å²) in [6, 6.07) is 2.04. The summed E-state index contributed by atoms with van der Waals surface area (Å²) in [5, 5.41) is 50.3. The number of aliphatic hydroxyl groups is 3. The van der Waals surface area contributed by atoms with Crippen molar-refractivity contribution in [2.24, 2.45) is 17.6 Å². The van der Waals surface area contributed by atoms with Crippen LogP contribution in [0.25, 0.3) is 0 Å². The summed E-state index contributed by atoms with van der Waals surface area (Å²) >= 11 is 0. The predicted molar refractivity (Wildman–Crippen MR) is 145 cm³/mol. The van der Waals surface area contributed by atoms with Gasteiger partial charge in [0.2, 0.25) is 11.7 Å². The molecular formula is C28H36N4O8. The number of allylic oxidation sites excluding steroid dienone is 1. The van der Waals surface area contributed by atoms with Crippen molar-refractivity contribution in [1.29, 1.82) is 0 Å². The van der Waals surface area contributed by atoms with Crippen molar-refractivity contribution in [3.63, 3.8) is 0 Å². The van der Waals surface area contributed by atoms with Crippen molar-refractivity contribution >= 4 is 29.1 Å². The summed E-state index contributed by atoms with van der Waals surface area (Å²) in [5.41, 5.74) is 1.84. The van der Waals surface area contributed by atoms with Gasteiger partial charge in [-0.3, -0.25) is 24.1 Å². The molecule has 216 valence electrons. The van der Waals surface area contributed by atoms with Gasteiger partial charge in [-0.05, 0) is 57.5 Å². The Bertz CT molecular complexity index is 1330. The molecule has 3 aliphatic rings. The fourth-order valence-corrected chi connectivity index (χ4v) is 6.22. The molecule has 1 aromatic rings. The normalized spacial score (nSPS) is 26.0. The maximum Gasteiger partial charge on any atom is 0.255 e. The summed E-state index contributed by atoms with van der Waals surface area (Å²) in [7, 11) is 3.14. The van der Waals surface area contributed by atoms with E-state index in [2.05, 4.69) is 17.6 Å². The van der Waals surface area contributed by atoms with Gasteiger partial charge < -0.3 is 36.8 Å². The number of fused-ring (bicyclic) bond motifs is 3. The van der Waals surface area contributed by atoms with Crippen LogP contribution in [0.3, 0.4) is 0 Å². The number of amides is 2. The van der Waals surface area contributed by atoms with E-state index in [0.29, 0.717) is 12.1 Å². The standard InChI is InChI=1S/C28H36N4O8/c1-4-5-6-9-30-12-17(33)31-16-8-7-13-10-14-11-15-21(32(2)3)24(36)20(27(29)39)26(38)28(15,40)25(37)19(14)23(35)18(13)22(16)34/h7-8,14-15,21,30,34,36-37,40H,4-6,9-12H2,1-3H3,(H2,29,39)(H,31,33)/t14?,15?,21-,28-/m0/s1. The lowest BCUT2D eigenvalue weighted by molar-refractivity contribution is -0.148. The number of aliphatic hydroxyl groups excluding tert-OH is 2. The van der Waals surface area contributed by atoms with Crippen LogP contribution >= 0.6 is 0 Å². The molecule has 1 aromatic carbocycles. The minimum absolute atomic E-state index is 0.00341. The van der Waals surface area contributed by atoms with Crippen LogP contribution in [-0.4, -0.2) is 87.5 Å². The lowest BCUT2D eigenvalue weighted by Gasteiger charge is -2.50. The highest BCUT2D eigenvalue weighted by molar-refractivity contribution is 6.25. The fourth-order valence-electron chi connectivity index (χ4n) is 6.22. The van der Waals surface area contributed by atoms with Crippen LogP contribution in [0, 0.1) is 11.8 Å². The third-order valence-electron chi connectivity index (χ3n) is 8.11. The SMILES string of the molecule is CCCCCNCC(=O)Nc1ccc2c(c1O)C(=O)C1=C(O)[C@]3(O)C(=O)C(C(N)=O)=C(O)[C@@H](N(C)C)C3CC1C2. The number of carbonyl (C=O) groups is 4. The highest BCUT2D eigenvalue weighted by Gasteiger charge is 2.63. The van der Waals surface area contributed by atoms with E-state index in [-0.39, 0.29) is 36.2 Å². The van der Waals surface area contributed by atoms with E-state index in [1.165, 1.54) is 11.0 Å². The Morgan fingerprint density at radius 2 is 1.85 bits per heavy atom. The van der Waals surface area contributed by atoms with Gasteiger partial charge in [-0.2, -0.15) is 0 Å². The molecule has 4 atom stereocenters. The monoisotopic (exact) mass is 556 g/mol. The zero-order chi connectivity index (χ0) is 29.5. The van der Waals surface area contributed by atoms with Gasteiger partial charge in [0, 0.05) is 11.5 Å². The number of aromatic hydroxyl groups is 1. The molecule has 4 rings (SSSR count). The Labute approximate surface area is 231 Å². The van der Waals surface area contributed by atoms with Crippen molar-refractivity contribution in [3.8, 4) is 5.75 Å². The van der Waals surface area contributed by atoms with Gasteiger partial charge in [-0.25, -0.2) is 0 Å². The number of hydrogen-bond acceptors (Lipinski definition) is 10. The number of hydrogen-bond donors (Lipinski definition) is 7.